The van der Waals surface area contributed by atoms with E-state index in [0.717, 1.165) is 28.7 Å². The lowest BCUT2D eigenvalue weighted by molar-refractivity contribution is 0.160. The fourth-order valence-electron chi connectivity index (χ4n) is 2.53. The van der Waals surface area contributed by atoms with Crippen LogP contribution in [0, 0.1) is 5.82 Å². The van der Waals surface area contributed by atoms with Crippen molar-refractivity contribution in [3.8, 4) is 0 Å². The van der Waals surface area contributed by atoms with E-state index < -0.39 is 0 Å². The highest BCUT2D eigenvalue weighted by molar-refractivity contribution is 9.10. The third-order valence-electron chi connectivity index (χ3n) is 3.21. The van der Waals surface area contributed by atoms with Crippen LogP contribution < -0.4 is 0 Å². The number of benzene rings is 1. The van der Waals surface area contributed by atoms with Gasteiger partial charge >= 0.3 is 0 Å². The van der Waals surface area contributed by atoms with Crippen molar-refractivity contribution in [3.63, 3.8) is 0 Å². The fraction of sp³-hybridized carbons (Fsp3) is 0.417. The van der Waals surface area contributed by atoms with Crippen LogP contribution in [-0.4, -0.2) is 23.3 Å². The van der Waals surface area contributed by atoms with Crippen LogP contribution >= 0.6 is 15.9 Å². The van der Waals surface area contributed by atoms with E-state index >= 15 is 0 Å². The largest absolute Gasteiger partial charge is 0.383 e. The number of hydrogen-bond donors (Lipinski definition) is 0. The molecule has 0 N–H and O–H groups in total. The normalized spacial score (nSPS) is 18.9. The average molecular weight is 299 g/mol. The summed E-state index contributed by atoms with van der Waals surface area (Å²) in [7, 11) is 1.69. The number of fused-ring (bicyclic) bond motifs is 3. The monoisotopic (exact) mass is 298 g/mol. The molecule has 3 rings (SSSR count). The van der Waals surface area contributed by atoms with Gasteiger partial charge in [-0.2, -0.15) is 0 Å². The Hall–Kier alpha value is -0.940. The third-order valence-corrected chi connectivity index (χ3v) is 3.67. The van der Waals surface area contributed by atoms with Crippen molar-refractivity contribution in [1.82, 2.24) is 9.55 Å². The number of aromatic nitrogens is 2. The predicted molar refractivity (Wildman–Crippen MR) is 66.6 cm³/mol. The predicted octanol–water partition coefficient (Wildman–Crippen LogP) is 3.07. The second-order valence-corrected chi connectivity index (χ2v) is 5.22. The fourth-order valence-corrected chi connectivity index (χ4v) is 2.95. The zero-order chi connectivity index (χ0) is 12.0. The number of methoxy groups -OCH3 is 1. The number of rotatable bonds is 2. The van der Waals surface area contributed by atoms with E-state index in [4.69, 9.17) is 4.74 Å². The Balaban J connectivity index is 2.22. The van der Waals surface area contributed by atoms with E-state index in [1.165, 1.54) is 6.07 Å². The van der Waals surface area contributed by atoms with E-state index in [-0.39, 0.29) is 11.9 Å². The Bertz CT molecular complexity index is 581. The first kappa shape index (κ1) is 11.2. The lowest BCUT2D eigenvalue weighted by Gasteiger charge is -2.13. The van der Waals surface area contributed by atoms with Gasteiger partial charge in [-0.15, -0.1) is 0 Å². The summed E-state index contributed by atoms with van der Waals surface area (Å²) in [4.78, 5) is 4.38. The molecule has 0 fully saturated rings. The first-order valence-electron chi connectivity index (χ1n) is 5.55. The summed E-state index contributed by atoms with van der Waals surface area (Å²) in [6, 6.07) is 3.65. The summed E-state index contributed by atoms with van der Waals surface area (Å²) in [5.41, 5.74) is 1.32. The molecule has 0 aliphatic carbocycles. The molecule has 0 amide bonds. The summed E-state index contributed by atoms with van der Waals surface area (Å²) in [6.45, 7) is 0.645. The van der Waals surface area contributed by atoms with Gasteiger partial charge in [-0.1, -0.05) is 15.9 Å². The zero-order valence-electron chi connectivity index (χ0n) is 9.41. The van der Waals surface area contributed by atoms with Crippen LogP contribution in [0.3, 0.4) is 0 Å². The van der Waals surface area contributed by atoms with Crippen LogP contribution in [0.25, 0.3) is 11.0 Å². The highest BCUT2D eigenvalue weighted by atomic mass is 79.9. The van der Waals surface area contributed by atoms with Crippen molar-refractivity contribution >= 4 is 27.0 Å². The third kappa shape index (κ3) is 1.68. The number of ether oxygens (including phenoxy) is 1. The van der Waals surface area contributed by atoms with E-state index in [1.54, 1.807) is 7.11 Å². The average Bonchev–Trinajstić information content (AvgIpc) is 2.80. The molecule has 1 unspecified atom stereocenters. The number of halogens is 2. The molecule has 1 aliphatic heterocycles. The minimum absolute atomic E-state index is 0.271. The Morgan fingerprint density at radius 1 is 1.59 bits per heavy atom. The lowest BCUT2D eigenvalue weighted by Crippen LogP contribution is -2.09. The topological polar surface area (TPSA) is 27.1 Å². The van der Waals surface area contributed by atoms with Crippen molar-refractivity contribution in [2.45, 2.75) is 18.9 Å². The van der Waals surface area contributed by atoms with Crippen molar-refractivity contribution < 1.29 is 9.13 Å². The Kier molecular flexibility index (Phi) is 2.67. The Morgan fingerprint density at radius 3 is 3.18 bits per heavy atom. The van der Waals surface area contributed by atoms with Gasteiger partial charge in [0.05, 0.1) is 18.2 Å². The van der Waals surface area contributed by atoms with Crippen molar-refractivity contribution in [2.24, 2.45) is 0 Å². The Labute approximate surface area is 107 Å². The molecule has 2 aromatic rings. The summed E-state index contributed by atoms with van der Waals surface area (Å²) in [6.07, 6.45) is 1.90. The SMILES string of the molecule is COCC1CCc2nc3c(F)cc(Br)cc3n21. The van der Waals surface area contributed by atoms with Gasteiger partial charge in [-0.05, 0) is 18.6 Å². The molecule has 90 valence electrons. The first-order valence-corrected chi connectivity index (χ1v) is 6.35. The highest BCUT2D eigenvalue weighted by Gasteiger charge is 2.26. The lowest BCUT2D eigenvalue weighted by atomic mass is 10.2. The highest BCUT2D eigenvalue weighted by Crippen LogP contribution is 2.33. The molecule has 3 nitrogen and oxygen atoms in total. The van der Waals surface area contributed by atoms with Gasteiger partial charge in [0, 0.05) is 18.0 Å². The molecule has 17 heavy (non-hydrogen) atoms. The van der Waals surface area contributed by atoms with Crippen LogP contribution in [0.1, 0.15) is 18.3 Å². The summed E-state index contributed by atoms with van der Waals surface area (Å²) in [5, 5.41) is 0. The van der Waals surface area contributed by atoms with Gasteiger partial charge < -0.3 is 9.30 Å². The second-order valence-electron chi connectivity index (χ2n) is 4.30. The van der Waals surface area contributed by atoms with Crippen molar-refractivity contribution in [1.29, 1.82) is 0 Å². The van der Waals surface area contributed by atoms with Crippen molar-refractivity contribution in [3.05, 3.63) is 28.2 Å². The molecule has 5 heteroatoms. The maximum Gasteiger partial charge on any atom is 0.152 e. The van der Waals surface area contributed by atoms with Gasteiger partial charge in [-0.25, -0.2) is 9.37 Å². The van der Waals surface area contributed by atoms with Gasteiger partial charge in [0.2, 0.25) is 0 Å². The number of hydrogen-bond acceptors (Lipinski definition) is 2. The van der Waals surface area contributed by atoms with Crippen LogP contribution in [0.15, 0.2) is 16.6 Å². The molecule has 1 atom stereocenters. The molecule has 1 aliphatic rings. The van der Waals surface area contributed by atoms with Gasteiger partial charge in [-0.3, -0.25) is 0 Å². The maximum absolute atomic E-state index is 13.8. The molecular formula is C12H12BrFN2O. The molecule has 2 heterocycles. The molecule has 1 aromatic carbocycles. The van der Waals surface area contributed by atoms with Crippen LogP contribution in [0.4, 0.5) is 4.39 Å². The van der Waals surface area contributed by atoms with Gasteiger partial charge in [0.15, 0.2) is 5.82 Å². The maximum atomic E-state index is 13.8. The van der Waals surface area contributed by atoms with Crippen LogP contribution in [0.5, 0.6) is 0 Å². The van der Waals surface area contributed by atoms with Gasteiger partial charge in [0.25, 0.3) is 0 Å². The van der Waals surface area contributed by atoms with Crippen molar-refractivity contribution in [2.75, 3.05) is 13.7 Å². The Morgan fingerprint density at radius 2 is 2.41 bits per heavy atom. The first-order chi connectivity index (χ1) is 8.20. The molecular weight excluding hydrogens is 287 g/mol. The quantitative estimate of drug-likeness (QED) is 0.852. The second kappa shape index (κ2) is 4.07. The number of aryl methyl sites for hydroxylation is 1. The van der Waals surface area contributed by atoms with E-state index in [2.05, 4.69) is 25.5 Å². The van der Waals surface area contributed by atoms with Gasteiger partial charge in [0.1, 0.15) is 11.3 Å². The molecule has 0 saturated heterocycles. The number of nitrogens with zero attached hydrogens (tertiary/aromatic N) is 2. The number of imidazole rings is 1. The van der Waals surface area contributed by atoms with E-state index in [0.29, 0.717) is 12.1 Å². The summed E-state index contributed by atoms with van der Waals surface area (Å²) in [5.74, 6) is 0.687. The van der Waals surface area contributed by atoms with E-state index in [1.807, 2.05) is 6.07 Å². The summed E-state index contributed by atoms with van der Waals surface area (Å²) >= 11 is 3.32. The minimum Gasteiger partial charge on any atom is -0.383 e. The molecule has 0 spiro atoms. The van der Waals surface area contributed by atoms with E-state index in [9.17, 15) is 4.39 Å². The minimum atomic E-state index is -0.271. The molecule has 0 bridgehead atoms. The smallest absolute Gasteiger partial charge is 0.152 e. The molecule has 0 radical (unpaired) electrons. The molecule has 0 saturated carbocycles. The van der Waals surface area contributed by atoms with Crippen LogP contribution in [-0.2, 0) is 11.2 Å². The summed E-state index contributed by atoms with van der Waals surface area (Å²) < 4.78 is 21.8. The standard InChI is InChI=1S/C12H12BrFN2O/c1-17-6-8-2-3-11-15-12-9(14)4-7(13)5-10(12)16(8)11/h4-5,8H,2-3,6H2,1H3. The molecule has 1 aromatic heterocycles. The zero-order valence-corrected chi connectivity index (χ0v) is 11.0. The van der Waals surface area contributed by atoms with Crippen LogP contribution in [0.2, 0.25) is 0 Å².